The monoisotopic (exact) mass is 308 g/mol. The van der Waals surface area contributed by atoms with Crippen molar-refractivity contribution in [2.75, 3.05) is 0 Å². The summed E-state index contributed by atoms with van der Waals surface area (Å²) in [5, 5.41) is 0. The van der Waals surface area contributed by atoms with Crippen molar-refractivity contribution in [1.29, 1.82) is 0 Å². The zero-order valence-corrected chi connectivity index (χ0v) is 15.2. The number of benzene rings is 2. The van der Waals surface area contributed by atoms with E-state index in [1.165, 1.54) is 30.4 Å². The van der Waals surface area contributed by atoms with Gasteiger partial charge in [0.1, 0.15) is 0 Å². The summed E-state index contributed by atoms with van der Waals surface area (Å²) in [5.74, 6) is 2.73. The van der Waals surface area contributed by atoms with Crippen molar-refractivity contribution >= 4 is 0 Å². The van der Waals surface area contributed by atoms with Crippen molar-refractivity contribution < 1.29 is 0 Å². The highest BCUT2D eigenvalue weighted by Crippen LogP contribution is 2.37. The summed E-state index contributed by atoms with van der Waals surface area (Å²) in [7, 11) is 0. The first kappa shape index (κ1) is 17.8. The van der Waals surface area contributed by atoms with Gasteiger partial charge in [-0.25, -0.2) is 0 Å². The second-order valence-corrected chi connectivity index (χ2v) is 7.58. The van der Waals surface area contributed by atoms with Gasteiger partial charge in [-0.15, -0.1) is 0 Å². The van der Waals surface area contributed by atoms with E-state index < -0.39 is 0 Å². The van der Waals surface area contributed by atoms with Crippen LogP contribution in [0.5, 0.6) is 0 Å². The Bertz CT molecular complexity index is 539. The van der Waals surface area contributed by atoms with E-state index in [9.17, 15) is 0 Å². The standard InChI is InChI=1S/C23H32/c1-18(2)15-16-22(20-11-7-5-8-12-20)17-23(19(3)4)21-13-9-6-10-14-21/h5-14,18-19,22-23H,15-17H2,1-4H3. The molecule has 0 aliphatic rings. The topological polar surface area (TPSA) is 0 Å². The van der Waals surface area contributed by atoms with Crippen molar-refractivity contribution in [2.45, 2.75) is 58.8 Å². The van der Waals surface area contributed by atoms with E-state index in [1.807, 2.05) is 0 Å². The van der Waals surface area contributed by atoms with Crippen LogP contribution < -0.4 is 0 Å². The van der Waals surface area contributed by atoms with Gasteiger partial charge in [-0.3, -0.25) is 0 Å². The molecule has 23 heavy (non-hydrogen) atoms. The van der Waals surface area contributed by atoms with Crippen molar-refractivity contribution in [3.05, 3.63) is 71.8 Å². The molecule has 2 unspecified atom stereocenters. The fraction of sp³-hybridized carbons (Fsp3) is 0.478. The van der Waals surface area contributed by atoms with Crippen LogP contribution in [0.4, 0.5) is 0 Å². The largest absolute Gasteiger partial charge is 0.0628 e. The normalized spacial score (nSPS) is 14.2. The summed E-state index contributed by atoms with van der Waals surface area (Å²) < 4.78 is 0. The van der Waals surface area contributed by atoms with Gasteiger partial charge in [-0.2, -0.15) is 0 Å². The van der Waals surface area contributed by atoms with E-state index in [4.69, 9.17) is 0 Å². The lowest BCUT2D eigenvalue weighted by molar-refractivity contribution is 0.396. The molecule has 0 N–H and O–H groups in total. The molecule has 0 saturated carbocycles. The second kappa shape index (κ2) is 8.91. The first-order valence-corrected chi connectivity index (χ1v) is 9.17. The molecule has 0 aliphatic carbocycles. The molecular weight excluding hydrogens is 276 g/mol. The van der Waals surface area contributed by atoms with Crippen LogP contribution in [0.2, 0.25) is 0 Å². The first-order valence-electron chi connectivity index (χ1n) is 9.17. The van der Waals surface area contributed by atoms with E-state index in [-0.39, 0.29) is 0 Å². The molecule has 0 aliphatic heterocycles. The number of rotatable bonds is 8. The molecule has 0 spiro atoms. The molecule has 0 amide bonds. The summed E-state index contributed by atoms with van der Waals surface area (Å²) >= 11 is 0. The van der Waals surface area contributed by atoms with Crippen LogP contribution in [0.3, 0.4) is 0 Å². The Kier molecular flexibility index (Phi) is 6.89. The van der Waals surface area contributed by atoms with Crippen molar-refractivity contribution in [2.24, 2.45) is 11.8 Å². The quantitative estimate of drug-likeness (QED) is 0.490. The Labute approximate surface area is 143 Å². The van der Waals surface area contributed by atoms with Gasteiger partial charge in [0.15, 0.2) is 0 Å². The van der Waals surface area contributed by atoms with Crippen LogP contribution >= 0.6 is 0 Å². The minimum atomic E-state index is 0.633. The highest BCUT2D eigenvalue weighted by Gasteiger charge is 2.22. The van der Waals surface area contributed by atoms with Gasteiger partial charge in [0.25, 0.3) is 0 Å². The van der Waals surface area contributed by atoms with Crippen molar-refractivity contribution in [3.63, 3.8) is 0 Å². The summed E-state index contributed by atoms with van der Waals surface area (Å²) in [6.07, 6.45) is 3.84. The average molecular weight is 309 g/mol. The molecule has 0 heterocycles. The molecule has 2 atom stereocenters. The maximum absolute atomic E-state index is 2.36. The lowest BCUT2D eigenvalue weighted by Gasteiger charge is -2.28. The summed E-state index contributed by atoms with van der Waals surface area (Å²) in [6, 6.07) is 22.2. The molecular formula is C23H32. The van der Waals surface area contributed by atoms with E-state index in [1.54, 1.807) is 0 Å². The molecule has 0 radical (unpaired) electrons. The Morgan fingerprint density at radius 3 is 1.65 bits per heavy atom. The molecule has 2 aromatic rings. The Hall–Kier alpha value is -1.56. The predicted octanol–water partition coefficient (Wildman–Crippen LogP) is 7.04. The van der Waals surface area contributed by atoms with Crippen LogP contribution in [0.25, 0.3) is 0 Å². The zero-order chi connectivity index (χ0) is 16.7. The molecule has 0 fully saturated rings. The lowest BCUT2D eigenvalue weighted by atomic mass is 9.77. The SMILES string of the molecule is CC(C)CCC(CC(c1ccccc1)C(C)C)c1ccccc1. The first-order chi connectivity index (χ1) is 11.1. The van der Waals surface area contributed by atoms with Gasteiger partial charge in [-0.1, -0.05) is 94.8 Å². The predicted molar refractivity (Wildman–Crippen MR) is 102 cm³/mol. The van der Waals surface area contributed by atoms with Gasteiger partial charge in [0.2, 0.25) is 0 Å². The van der Waals surface area contributed by atoms with Crippen molar-refractivity contribution in [1.82, 2.24) is 0 Å². The van der Waals surface area contributed by atoms with Crippen LogP contribution in [0.15, 0.2) is 60.7 Å². The highest BCUT2D eigenvalue weighted by atomic mass is 14.3. The molecule has 0 bridgehead atoms. The molecule has 0 heteroatoms. The number of hydrogen-bond acceptors (Lipinski definition) is 0. The van der Waals surface area contributed by atoms with E-state index in [0.29, 0.717) is 17.8 Å². The van der Waals surface area contributed by atoms with E-state index >= 15 is 0 Å². The van der Waals surface area contributed by atoms with Gasteiger partial charge < -0.3 is 0 Å². The lowest BCUT2D eigenvalue weighted by Crippen LogP contribution is -2.13. The third-order valence-corrected chi connectivity index (χ3v) is 4.93. The molecule has 124 valence electrons. The van der Waals surface area contributed by atoms with Crippen molar-refractivity contribution in [3.8, 4) is 0 Å². The average Bonchev–Trinajstić information content (AvgIpc) is 2.56. The summed E-state index contributed by atoms with van der Waals surface area (Å²) in [5.41, 5.74) is 3.00. The molecule has 0 nitrogen and oxygen atoms in total. The van der Waals surface area contributed by atoms with Gasteiger partial charge in [0, 0.05) is 0 Å². The molecule has 2 aromatic carbocycles. The van der Waals surface area contributed by atoms with Crippen LogP contribution in [0.1, 0.15) is 69.9 Å². The Balaban J connectivity index is 2.20. The Morgan fingerprint density at radius 1 is 0.652 bits per heavy atom. The van der Waals surface area contributed by atoms with Gasteiger partial charge in [-0.05, 0) is 47.6 Å². The fourth-order valence-electron chi connectivity index (χ4n) is 3.48. The maximum atomic E-state index is 2.36. The van der Waals surface area contributed by atoms with E-state index in [0.717, 1.165) is 5.92 Å². The smallest absolute Gasteiger partial charge is 0.0133 e. The van der Waals surface area contributed by atoms with E-state index in [2.05, 4.69) is 88.4 Å². The van der Waals surface area contributed by atoms with Crippen LogP contribution in [-0.4, -0.2) is 0 Å². The number of hydrogen-bond donors (Lipinski definition) is 0. The molecule has 2 rings (SSSR count). The fourth-order valence-corrected chi connectivity index (χ4v) is 3.48. The third-order valence-electron chi connectivity index (χ3n) is 4.93. The minimum Gasteiger partial charge on any atom is -0.0628 e. The summed E-state index contributed by atoms with van der Waals surface area (Å²) in [6.45, 7) is 9.39. The summed E-state index contributed by atoms with van der Waals surface area (Å²) in [4.78, 5) is 0. The molecule has 0 saturated heterocycles. The zero-order valence-electron chi connectivity index (χ0n) is 15.2. The molecule has 0 aromatic heterocycles. The maximum Gasteiger partial charge on any atom is -0.0133 e. The Morgan fingerprint density at radius 2 is 1.17 bits per heavy atom. The highest BCUT2D eigenvalue weighted by molar-refractivity contribution is 5.24. The second-order valence-electron chi connectivity index (χ2n) is 7.58. The van der Waals surface area contributed by atoms with Gasteiger partial charge >= 0.3 is 0 Å². The van der Waals surface area contributed by atoms with Gasteiger partial charge in [0.05, 0.1) is 0 Å². The van der Waals surface area contributed by atoms with Crippen LogP contribution in [-0.2, 0) is 0 Å². The third kappa shape index (κ3) is 5.53. The minimum absolute atomic E-state index is 0.633. The van der Waals surface area contributed by atoms with Crippen LogP contribution in [0, 0.1) is 11.8 Å².